The van der Waals surface area contributed by atoms with Crippen molar-refractivity contribution in [2.24, 2.45) is 0 Å². The van der Waals surface area contributed by atoms with Crippen molar-refractivity contribution >= 4 is 45.5 Å². The molecule has 1 unspecified atom stereocenters. The van der Waals surface area contributed by atoms with Crippen LogP contribution >= 0.6 is 22.7 Å². The molecule has 0 aliphatic carbocycles. The van der Waals surface area contributed by atoms with E-state index in [0.29, 0.717) is 38.3 Å². The van der Waals surface area contributed by atoms with E-state index < -0.39 is 29.5 Å². The molecule has 10 nitrogen and oxygen atoms in total. The van der Waals surface area contributed by atoms with Crippen molar-refractivity contribution in [2.45, 2.75) is 33.7 Å². The van der Waals surface area contributed by atoms with Crippen molar-refractivity contribution in [3.05, 3.63) is 61.2 Å². The number of esters is 1. The number of aliphatic hydroxyl groups excluding tert-OH is 1. The van der Waals surface area contributed by atoms with Crippen LogP contribution in [-0.2, 0) is 9.53 Å². The van der Waals surface area contributed by atoms with Crippen LogP contribution < -0.4 is 14.4 Å². The number of anilines is 1. The maximum Gasteiger partial charge on any atom is 0.350 e. The highest BCUT2D eigenvalue weighted by Gasteiger charge is 2.48. The number of Topliss-reactive ketones (excluding diaryl/α,β-unsaturated/α-hetero) is 1. The lowest BCUT2D eigenvalue weighted by molar-refractivity contribution is -0.117. The molecule has 1 amide bonds. The summed E-state index contributed by atoms with van der Waals surface area (Å²) in [6.45, 7) is 6.96. The lowest BCUT2D eigenvalue weighted by Crippen LogP contribution is -2.31. The Kier molecular flexibility index (Phi) is 7.32. The highest BCUT2D eigenvalue weighted by atomic mass is 32.1. The second-order valence-electron chi connectivity index (χ2n) is 8.06. The quantitative estimate of drug-likeness (QED) is 0.322. The number of hydrogen-bond acceptors (Lipinski definition) is 11. The fraction of sp³-hybridized carbons (Fsp3) is 0.320. The van der Waals surface area contributed by atoms with E-state index in [0.717, 1.165) is 11.3 Å². The number of methoxy groups -OCH3 is 2. The number of aryl methyl sites for hydroxylation is 3. The molecule has 0 radical (unpaired) electrons. The van der Waals surface area contributed by atoms with Crippen molar-refractivity contribution in [2.75, 3.05) is 25.7 Å². The Morgan fingerprint density at radius 2 is 1.76 bits per heavy atom. The largest absolute Gasteiger partial charge is 0.503 e. The van der Waals surface area contributed by atoms with Gasteiger partial charge in [-0.25, -0.2) is 14.8 Å². The zero-order valence-corrected chi connectivity index (χ0v) is 22.7. The summed E-state index contributed by atoms with van der Waals surface area (Å²) in [6, 6.07) is 3.85. The molecular weight excluding hydrogens is 518 g/mol. The van der Waals surface area contributed by atoms with Crippen molar-refractivity contribution in [3.63, 3.8) is 0 Å². The van der Waals surface area contributed by atoms with Crippen LogP contribution in [0.4, 0.5) is 5.13 Å². The molecule has 2 aromatic heterocycles. The smallest absolute Gasteiger partial charge is 0.350 e. The molecule has 37 heavy (non-hydrogen) atoms. The lowest BCUT2D eigenvalue weighted by atomic mass is 9.94. The van der Waals surface area contributed by atoms with Gasteiger partial charge in [-0.1, -0.05) is 11.3 Å². The van der Waals surface area contributed by atoms with Crippen LogP contribution in [0.1, 0.15) is 54.3 Å². The number of carbonyl (C=O) groups excluding carboxylic acids is 3. The molecule has 1 atom stereocenters. The Morgan fingerprint density at radius 1 is 1.05 bits per heavy atom. The van der Waals surface area contributed by atoms with Crippen LogP contribution in [0.15, 0.2) is 29.5 Å². The fourth-order valence-corrected chi connectivity index (χ4v) is 5.97. The third-order valence-electron chi connectivity index (χ3n) is 5.75. The van der Waals surface area contributed by atoms with E-state index in [2.05, 4.69) is 9.97 Å². The summed E-state index contributed by atoms with van der Waals surface area (Å²) < 4.78 is 16.0. The Labute approximate surface area is 221 Å². The molecule has 0 fully saturated rings. The predicted molar refractivity (Wildman–Crippen MR) is 138 cm³/mol. The summed E-state index contributed by atoms with van der Waals surface area (Å²) in [4.78, 5) is 50.3. The third-order valence-corrected chi connectivity index (χ3v) is 7.96. The fourth-order valence-electron chi connectivity index (χ4n) is 4.11. The normalized spacial score (nSPS) is 15.4. The molecule has 1 aliphatic heterocycles. The van der Waals surface area contributed by atoms with E-state index >= 15 is 0 Å². The van der Waals surface area contributed by atoms with Gasteiger partial charge in [-0.2, -0.15) is 0 Å². The number of hydrogen-bond donors (Lipinski definition) is 1. The number of aliphatic hydroxyl groups is 1. The molecule has 3 heterocycles. The van der Waals surface area contributed by atoms with Crippen molar-refractivity contribution in [1.82, 2.24) is 9.97 Å². The molecule has 0 saturated heterocycles. The molecule has 3 aromatic rings. The minimum Gasteiger partial charge on any atom is -0.503 e. The summed E-state index contributed by atoms with van der Waals surface area (Å²) >= 11 is 2.12. The van der Waals surface area contributed by atoms with Crippen molar-refractivity contribution in [1.29, 1.82) is 0 Å². The first-order chi connectivity index (χ1) is 17.6. The number of ether oxygens (including phenoxy) is 3. The number of rotatable bonds is 8. The highest BCUT2D eigenvalue weighted by Crippen LogP contribution is 2.47. The van der Waals surface area contributed by atoms with Gasteiger partial charge in [0.15, 0.2) is 10.9 Å². The average Bonchev–Trinajstić information content (AvgIpc) is 3.50. The van der Waals surface area contributed by atoms with Crippen LogP contribution in [0.2, 0.25) is 0 Å². The number of benzene rings is 1. The van der Waals surface area contributed by atoms with Crippen LogP contribution in [-0.4, -0.2) is 53.6 Å². The van der Waals surface area contributed by atoms with E-state index in [1.54, 1.807) is 45.9 Å². The number of thiazole rings is 2. The van der Waals surface area contributed by atoms with Gasteiger partial charge in [-0.15, -0.1) is 11.3 Å². The highest BCUT2D eigenvalue weighted by molar-refractivity contribution is 7.17. The Balaban J connectivity index is 1.93. The van der Waals surface area contributed by atoms with E-state index in [1.807, 2.05) is 0 Å². The summed E-state index contributed by atoms with van der Waals surface area (Å²) in [5, 5.41) is 11.9. The summed E-state index contributed by atoms with van der Waals surface area (Å²) in [6.07, 6.45) is 0. The lowest BCUT2D eigenvalue weighted by Gasteiger charge is -2.26. The zero-order valence-electron chi connectivity index (χ0n) is 21.1. The van der Waals surface area contributed by atoms with Crippen LogP contribution in [0.5, 0.6) is 11.5 Å². The van der Waals surface area contributed by atoms with Gasteiger partial charge >= 0.3 is 5.97 Å². The minimum absolute atomic E-state index is 0.125. The molecule has 0 bridgehead atoms. The number of nitrogens with zero attached hydrogens (tertiary/aromatic N) is 3. The van der Waals surface area contributed by atoms with Crippen molar-refractivity contribution in [3.8, 4) is 11.5 Å². The van der Waals surface area contributed by atoms with Crippen LogP contribution in [0, 0.1) is 20.8 Å². The second kappa shape index (κ2) is 10.3. The Bertz CT molecular complexity index is 1440. The van der Waals surface area contributed by atoms with Gasteiger partial charge in [-0.3, -0.25) is 14.5 Å². The van der Waals surface area contributed by atoms with Crippen molar-refractivity contribution < 1.29 is 33.7 Å². The van der Waals surface area contributed by atoms with Gasteiger partial charge in [0.05, 0.1) is 47.7 Å². The van der Waals surface area contributed by atoms with Gasteiger partial charge in [0.1, 0.15) is 22.4 Å². The van der Waals surface area contributed by atoms with Crippen LogP contribution in [0.25, 0.3) is 0 Å². The van der Waals surface area contributed by atoms with Gasteiger partial charge in [-0.05, 0) is 39.8 Å². The molecule has 1 N–H and O–H groups in total. The number of aromatic nitrogens is 2. The number of ketones is 1. The molecule has 1 aromatic carbocycles. The molecule has 4 rings (SSSR count). The minimum atomic E-state index is -1.09. The molecule has 12 heteroatoms. The summed E-state index contributed by atoms with van der Waals surface area (Å²) in [7, 11) is 2.96. The first kappa shape index (κ1) is 26.3. The maximum absolute atomic E-state index is 13.8. The van der Waals surface area contributed by atoms with E-state index in [-0.39, 0.29) is 22.2 Å². The Hall–Kier alpha value is -3.77. The van der Waals surface area contributed by atoms with E-state index in [4.69, 9.17) is 14.2 Å². The molecular formula is C25H25N3O7S2. The monoisotopic (exact) mass is 543 g/mol. The molecule has 194 valence electrons. The average molecular weight is 544 g/mol. The van der Waals surface area contributed by atoms with Gasteiger partial charge in [0, 0.05) is 11.6 Å². The SMILES string of the molecule is CCOC(=O)c1sc(N2C(=O)C(O)=C(C(=O)c3sc(C)nc3C)C2c2ccc(OC)cc2OC)nc1C. The Morgan fingerprint density at radius 3 is 2.35 bits per heavy atom. The molecule has 1 aliphatic rings. The molecule has 0 saturated carbocycles. The van der Waals surface area contributed by atoms with Crippen LogP contribution in [0.3, 0.4) is 0 Å². The maximum atomic E-state index is 13.8. The number of carbonyl (C=O) groups is 3. The predicted octanol–water partition coefficient (Wildman–Crippen LogP) is 4.50. The molecule has 0 spiro atoms. The topological polar surface area (TPSA) is 128 Å². The van der Waals surface area contributed by atoms with Gasteiger partial charge < -0.3 is 19.3 Å². The zero-order chi connectivity index (χ0) is 27.0. The van der Waals surface area contributed by atoms with E-state index in [9.17, 15) is 19.5 Å². The standard InChI is InChI=1S/C25H25N3O7S2/c1-7-35-24(32)22-12(3)27-25(37-22)28-18(15-9-8-14(33-5)10-16(15)34-6)17(20(30)23(28)31)19(29)21-11(2)26-13(4)36-21/h8-10,18,30H,7H2,1-6H3. The summed E-state index contributed by atoms with van der Waals surface area (Å²) in [5.74, 6) is -1.80. The van der Waals surface area contributed by atoms with Gasteiger partial charge in [0.2, 0.25) is 5.78 Å². The first-order valence-electron chi connectivity index (χ1n) is 11.2. The van der Waals surface area contributed by atoms with Gasteiger partial charge in [0.25, 0.3) is 5.91 Å². The van der Waals surface area contributed by atoms with E-state index in [1.165, 1.54) is 30.5 Å². The third kappa shape index (κ3) is 4.58. The first-order valence-corrected chi connectivity index (χ1v) is 12.9. The number of amides is 1. The second-order valence-corrected chi connectivity index (χ2v) is 10.2. The summed E-state index contributed by atoms with van der Waals surface area (Å²) in [5.41, 5.74) is 1.15.